The van der Waals surface area contributed by atoms with Crippen molar-refractivity contribution in [1.29, 1.82) is 0 Å². The number of aromatic nitrogens is 1. The van der Waals surface area contributed by atoms with Gasteiger partial charge in [-0.2, -0.15) is 0 Å². The number of thiazole rings is 1. The van der Waals surface area contributed by atoms with Crippen LogP contribution in [0.5, 0.6) is 0 Å². The van der Waals surface area contributed by atoms with Gasteiger partial charge >= 0.3 is 0 Å². The van der Waals surface area contributed by atoms with Crippen LogP contribution >= 0.6 is 11.3 Å². The van der Waals surface area contributed by atoms with E-state index >= 15 is 0 Å². The molecule has 0 saturated carbocycles. The van der Waals surface area contributed by atoms with Crippen molar-refractivity contribution in [2.45, 2.75) is 0 Å². The molecule has 0 N–H and O–H groups in total. The monoisotopic (exact) mass is 179 g/mol. The summed E-state index contributed by atoms with van der Waals surface area (Å²) in [6.07, 6.45) is 4.47. The molecular formula is C8H5NO2S. The number of nitrogens with zero attached hydrogens (tertiary/aromatic N) is 1. The van der Waals surface area contributed by atoms with E-state index in [1.165, 1.54) is 23.9 Å². The van der Waals surface area contributed by atoms with Crippen LogP contribution < -0.4 is 0 Å². The average molecular weight is 179 g/mol. The molecule has 0 spiro atoms. The molecule has 0 amide bonds. The normalized spacial score (nSPS) is 10.0. The fourth-order valence-electron chi connectivity index (χ4n) is 0.864. The van der Waals surface area contributed by atoms with Crippen molar-refractivity contribution in [2.24, 2.45) is 0 Å². The number of carbonyl (C=O) groups excluding carboxylic acids is 1. The van der Waals surface area contributed by atoms with E-state index in [1.54, 1.807) is 17.8 Å². The Bertz CT molecular complexity index is 327. The maximum absolute atomic E-state index is 11.5. The molecule has 2 aromatic rings. The minimum atomic E-state index is -0.0359. The molecule has 2 rings (SSSR count). The third kappa shape index (κ3) is 1.16. The number of carbonyl (C=O) groups is 1. The fourth-order valence-corrected chi connectivity index (χ4v) is 1.45. The first kappa shape index (κ1) is 7.24. The first-order valence-electron chi connectivity index (χ1n) is 3.33. The lowest BCUT2D eigenvalue weighted by molar-refractivity contribution is 0.104. The van der Waals surface area contributed by atoms with Crippen LogP contribution in [0.1, 0.15) is 15.2 Å². The third-order valence-electron chi connectivity index (χ3n) is 1.44. The standard InChI is InChI=1S/C8H5NO2S/c10-8(6-1-2-11-4-6)7-3-9-5-12-7/h1-5H. The molecule has 0 radical (unpaired) electrons. The molecule has 2 aromatic heterocycles. The van der Waals surface area contributed by atoms with Gasteiger partial charge in [-0.1, -0.05) is 0 Å². The molecule has 0 aromatic carbocycles. The van der Waals surface area contributed by atoms with Gasteiger partial charge < -0.3 is 4.42 Å². The van der Waals surface area contributed by atoms with Crippen molar-refractivity contribution in [2.75, 3.05) is 0 Å². The molecule has 0 saturated heterocycles. The zero-order chi connectivity index (χ0) is 8.39. The van der Waals surface area contributed by atoms with E-state index in [-0.39, 0.29) is 5.78 Å². The molecule has 0 atom stereocenters. The molecule has 0 fully saturated rings. The van der Waals surface area contributed by atoms with Gasteiger partial charge in [0, 0.05) is 6.20 Å². The van der Waals surface area contributed by atoms with Gasteiger partial charge in [0.1, 0.15) is 6.26 Å². The van der Waals surface area contributed by atoms with E-state index in [2.05, 4.69) is 4.98 Å². The van der Waals surface area contributed by atoms with Gasteiger partial charge in [-0.05, 0) is 6.07 Å². The summed E-state index contributed by atoms with van der Waals surface area (Å²) in [5.41, 5.74) is 2.20. The van der Waals surface area contributed by atoms with Crippen LogP contribution in [0.2, 0.25) is 0 Å². The van der Waals surface area contributed by atoms with Crippen LogP contribution in [0.4, 0.5) is 0 Å². The van der Waals surface area contributed by atoms with Gasteiger partial charge in [0.25, 0.3) is 0 Å². The van der Waals surface area contributed by atoms with Crippen molar-refractivity contribution >= 4 is 17.1 Å². The van der Waals surface area contributed by atoms with Crippen LogP contribution in [0.3, 0.4) is 0 Å². The summed E-state index contributed by atoms with van der Waals surface area (Å²) in [5, 5.41) is 0. The molecule has 3 nitrogen and oxygen atoms in total. The zero-order valence-corrected chi connectivity index (χ0v) is 6.88. The molecule has 0 unspecified atom stereocenters. The van der Waals surface area contributed by atoms with Gasteiger partial charge in [0.15, 0.2) is 0 Å². The number of hydrogen-bond donors (Lipinski definition) is 0. The topological polar surface area (TPSA) is 43.1 Å². The van der Waals surface area contributed by atoms with E-state index in [4.69, 9.17) is 4.42 Å². The summed E-state index contributed by atoms with van der Waals surface area (Å²) in [5.74, 6) is -0.0359. The maximum atomic E-state index is 11.5. The highest BCUT2D eigenvalue weighted by Gasteiger charge is 2.10. The summed E-state index contributed by atoms with van der Waals surface area (Å²) in [6.45, 7) is 0. The minimum Gasteiger partial charge on any atom is -0.472 e. The Labute approximate surface area is 72.7 Å². The number of ketones is 1. The maximum Gasteiger partial charge on any atom is 0.207 e. The van der Waals surface area contributed by atoms with E-state index in [9.17, 15) is 4.79 Å². The Morgan fingerprint density at radius 2 is 2.50 bits per heavy atom. The molecule has 0 bridgehead atoms. The molecule has 12 heavy (non-hydrogen) atoms. The number of furan rings is 1. The predicted octanol–water partition coefficient (Wildman–Crippen LogP) is 1.97. The molecule has 2 heterocycles. The second-order valence-corrected chi connectivity index (χ2v) is 3.09. The van der Waals surface area contributed by atoms with E-state index in [1.807, 2.05) is 0 Å². The first-order chi connectivity index (χ1) is 5.88. The van der Waals surface area contributed by atoms with Crippen LogP contribution in [-0.2, 0) is 0 Å². The summed E-state index contributed by atoms with van der Waals surface area (Å²) >= 11 is 1.33. The number of hydrogen-bond acceptors (Lipinski definition) is 4. The first-order valence-corrected chi connectivity index (χ1v) is 4.21. The second-order valence-electron chi connectivity index (χ2n) is 2.21. The molecule has 0 aliphatic heterocycles. The van der Waals surface area contributed by atoms with Crippen molar-refractivity contribution in [3.63, 3.8) is 0 Å². The van der Waals surface area contributed by atoms with Gasteiger partial charge in [0.2, 0.25) is 5.78 Å². The second kappa shape index (κ2) is 2.91. The third-order valence-corrected chi connectivity index (χ3v) is 2.21. The SMILES string of the molecule is O=C(c1ccoc1)c1cncs1. The Kier molecular flexibility index (Phi) is 1.75. The summed E-state index contributed by atoms with van der Waals surface area (Å²) in [4.78, 5) is 15.9. The Morgan fingerprint density at radius 3 is 3.08 bits per heavy atom. The van der Waals surface area contributed by atoms with Gasteiger partial charge in [-0.15, -0.1) is 11.3 Å². The highest BCUT2D eigenvalue weighted by Crippen LogP contribution is 2.13. The lowest BCUT2D eigenvalue weighted by Crippen LogP contribution is -1.95. The quantitative estimate of drug-likeness (QED) is 0.662. The minimum absolute atomic E-state index is 0.0359. The Morgan fingerprint density at radius 1 is 1.58 bits per heavy atom. The van der Waals surface area contributed by atoms with Crippen molar-refractivity contribution < 1.29 is 9.21 Å². The average Bonchev–Trinajstić information content (AvgIpc) is 2.77. The number of rotatable bonds is 2. The lowest BCUT2D eigenvalue weighted by Gasteiger charge is -1.88. The van der Waals surface area contributed by atoms with Crippen molar-refractivity contribution in [3.8, 4) is 0 Å². The largest absolute Gasteiger partial charge is 0.472 e. The molecule has 60 valence electrons. The smallest absolute Gasteiger partial charge is 0.207 e. The van der Waals surface area contributed by atoms with Gasteiger partial charge in [0.05, 0.1) is 22.2 Å². The Hall–Kier alpha value is -1.42. The Balaban J connectivity index is 2.34. The summed E-state index contributed by atoms with van der Waals surface area (Å²) in [7, 11) is 0. The molecule has 0 aliphatic rings. The molecule has 0 aliphatic carbocycles. The lowest BCUT2D eigenvalue weighted by atomic mass is 10.2. The van der Waals surface area contributed by atoms with Crippen molar-refractivity contribution in [1.82, 2.24) is 4.98 Å². The van der Waals surface area contributed by atoms with E-state index in [0.717, 1.165) is 0 Å². The van der Waals surface area contributed by atoms with Gasteiger partial charge in [-0.3, -0.25) is 9.78 Å². The van der Waals surface area contributed by atoms with E-state index < -0.39 is 0 Å². The molecular weight excluding hydrogens is 174 g/mol. The zero-order valence-electron chi connectivity index (χ0n) is 6.06. The van der Waals surface area contributed by atoms with E-state index in [0.29, 0.717) is 10.4 Å². The summed E-state index contributed by atoms with van der Waals surface area (Å²) < 4.78 is 4.80. The van der Waals surface area contributed by atoms with Crippen LogP contribution in [-0.4, -0.2) is 10.8 Å². The highest BCUT2D eigenvalue weighted by molar-refractivity contribution is 7.11. The van der Waals surface area contributed by atoms with Gasteiger partial charge in [-0.25, -0.2) is 0 Å². The predicted molar refractivity (Wildman–Crippen MR) is 44.3 cm³/mol. The highest BCUT2D eigenvalue weighted by atomic mass is 32.1. The van der Waals surface area contributed by atoms with Crippen LogP contribution in [0, 0.1) is 0 Å². The van der Waals surface area contributed by atoms with Crippen LogP contribution in [0.25, 0.3) is 0 Å². The fraction of sp³-hybridized carbons (Fsp3) is 0. The molecule has 4 heteroatoms. The van der Waals surface area contributed by atoms with Crippen molar-refractivity contribution in [3.05, 3.63) is 40.7 Å². The van der Waals surface area contributed by atoms with Crippen LogP contribution in [0.15, 0.2) is 34.7 Å². The summed E-state index contributed by atoms with van der Waals surface area (Å²) in [6, 6.07) is 1.64.